The number of hydrogen-bond acceptors (Lipinski definition) is 6. The molecular weight excluding hydrogens is 793 g/mol. The SMILES string of the molecule is CC(C)c1ncc(-c2ccc3c(c2)COc2cc4c(ccc5[nH]c(C(C)C)nc54)cc2-3)[nH]1.CC(C)c1ncc(-c2ccc3c(c2)COc2cc4c(ccc5[nH]c(C(C)C)nc54)cc2-3)[nH]1. The van der Waals surface area contributed by atoms with Crippen LogP contribution in [0, 0.1) is 0 Å². The summed E-state index contributed by atoms with van der Waals surface area (Å²) in [5, 5.41) is 4.61. The Bertz CT molecular complexity index is 3210. The zero-order valence-electron chi connectivity index (χ0n) is 37.6. The first-order chi connectivity index (χ1) is 30.9. The van der Waals surface area contributed by atoms with E-state index in [4.69, 9.17) is 19.4 Å². The van der Waals surface area contributed by atoms with E-state index >= 15 is 0 Å². The van der Waals surface area contributed by atoms with Gasteiger partial charge < -0.3 is 29.4 Å². The third-order valence-electron chi connectivity index (χ3n) is 12.7. The maximum atomic E-state index is 6.23. The number of benzene rings is 6. The molecule has 4 aromatic heterocycles. The fourth-order valence-electron chi connectivity index (χ4n) is 9.05. The summed E-state index contributed by atoms with van der Waals surface area (Å²) in [4.78, 5) is 32.6. The minimum Gasteiger partial charge on any atom is -0.488 e. The van der Waals surface area contributed by atoms with Gasteiger partial charge >= 0.3 is 0 Å². The summed E-state index contributed by atoms with van der Waals surface area (Å²) in [6.45, 7) is 18.3. The molecule has 0 saturated carbocycles. The fourth-order valence-corrected chi connectivity index (χ4v) is 9.05. The second kappa shape index (κ2) is 15.3. The summed E-state index contributed by atoms with van der Waals surface area (Å²) in [5.41, 5.74) is 15.6. The van der Waals surface area contributed by atoms with Crippen LogP contribution in [0.5, 0.6) is 11.5 Å². The lowest BCUT2D eigenvalue weighted by molar-refractivity contribution is 0.303. The van der Waals surface area contributed by atoms with E-state index in [0.29, 0.717) is 36.9 Å². The van der Waals surface area contributed by atoms with E-state index in [2.05, 4.69) is 170 Å². The van der Waals surface area contributed by atoms with Crippen LogP contribution >= 0.6 is 0 Å². The first-order valence-electron chi connectivity index (χ1n) is 22.5. The summed E-state index contributed by atoms with van der Waals surface area (Å²) in [5.74, 6) is 7.37. The molecule has 320 valence electrons. The molecule has 6 aromatic carbocycles. The average molecular weight is 845 g/mol. The van der Waals surface area contributed by atoms with Crippen molar-refractivity contribution in [1.29, 1.82) is 0 Å². The van der Waals surface area contributed by atoms with Crippen molar-refractivity contribution in [2.75, 3.05) is 0 Å². The quantitative estimate of drug-likeness (QED) is 0.132. The molecule has 64 heavy (non-hydrogen) atoms. The van der Waals surface area contributed by atoms with Crippen LogP contribution in [0.2, 0.25) is 0 Å². The Morgan fingerprint density at radius 2 is 0.859 bits per heavy atom. The van der Waals surface area contributed by atoms with Gasteiger partial charge in [0.2, 0.25) is 0 Å². The Kier molecular flexibility index (Phi) is 9.45. The van der Waals surface area contributed by atoms with Crippen LogP contribution < -0.4 is 9.47 Å². The predicted octanol–water partition coefficient (Wildman–Crippen LogP) is 13.8. The first kappa shape index (κ1) is 39.6. The second-order valence-corrected chi connectivity index (χ2v) is 18.6. The van der Waals surface area contributed by atoms with Crippen LogP contribution in [-0.4, -0.2) is 39.9 Å². The lowest BCUT2D eigenvalue weighted by atomic mass is 9.92. The molecule has 10 heteroatoms. The van der Waals surface area contributed by atoms with E-state index in [9.17, 15) is 0 Å². The van der Waals surface area contributed by atoms with E-state index in [1.54, 1.807) is 0 Å². The number of rotatable bonds is 6. The highest BCUT2D eigenvalue weighted by Crippen LogP contribution is 2.44. The highest BCUT2D eigenvalue weighted by molar-refractivity contribution is 6.08. The molecule has 0 radical (unpaired) electrons. The molecule has 10 nitrogen and oxygen atoms in total. The van der Waals surface area contributed by atoms with Gasteiger partial charge in [0.25, 0.3) is 0 Å². The molecule has 0 atom stereocenters. The molecular formula is C54H52N8O2. The molecule has 0 amide bonds. The summed E-state index contributed by atoms with van der Waals surface area (Å²) in [7, 11) is 0. The minimum atomic E-state index is 0.360. The van der Waals surface area contributed by atoms with Gasteiger partial charge in [0.1, 0.15) is 48.0 Å². The highest BCUT2D eigenvalue weighted by atomic mass is 16.5. The van der Waals surface area contributed by atoms with Crippen LogP contribution in [-0.2, 0) is 13.2 Å². The van der Waals surface area contributed by atoms with Crippen LogP contribution in [0.15, 0.2) is 97.3 Å². The van der Waals surface area contributed by atoms with Gasteiger partial charge in [0, 0.05) is 45.6 Å². The van der Waals surface area contributed by atoms with Crippen molar-refractivity contribution in [3.8, 4) is 56.3 Å². The summed E-state index contributed by atoms with van der Waals surface area (Å²) in [6.07, 6.45) is 3.84. The maximum absolute atomic E-state index is 6.23. The van der Waals surface area contributed by atoms with Crippen LogP contribution in [0.1, 0.15) is 113 Å². The normalized spacial score (nSPS) is 13.1. The lowest BCUT2D eigenvalue weighted by Crippen LogP contribution is -2.05. The molecule has 6 heterocycles. The molecule has 2 aliphatic rings. The van der Waals surface area contributed by atoms with Gasteiger partial charge in [-0.05, 0) is 92.7 Å². The predicted molar refractivity (Wildman–Crippen MR) is 258 cm³/mol. The molecule has 2 aliphatic heterocycles. The van der Waals surface area contributed by atoms with Crippen LogP contribution in [0.4, 0.5) is 0 Å². The van der Waals surface area contributed by atoms with Gasteiger partial charge in [-0.1, -0.05) is 91.8 Å². The van der Waals surface area contributed by atoms with E-state index in [0.717, 1.165) is 101 Å². The number of fused-ring (bicyclic) bond motifs is 12. The van der Waals surface area contributed by atoms with Crippen molar-refractivity contribution < 1.29 is 9.47 Å². The Labute approximate surface area is 371 Å². The number of ether oxygens (including phenoxy) is 2. The number of hydrogen-bond donors (Lipinski definition) is 4. The minimum absolute atomic E-state index is 0.360. The number of nitrogens with zero attached hydrogens (tertiary/aromatic N) is 4. The first-order valence-corrected chi connectivity index (χ1v) is 22.5. The van der Waals surface area contributed by atoms with Crippen molar-refractivity contribution in [2.24, 2.45) is 0 Å². The van der Waals surface area contributed by atoms with Crippen molar-refractivity contribution in [3.05, 3.63) is 132 Å². The van der Waals surface area contributed by atoms with Crippen molar-refractivity contribution in [3.63, 3.8) is 0 Å². The molecule has 0 spiro atoms. The number of aromatic nitrogens is 8. The molecule has 0 aliphatic carbocycles. The summed E-state index contributed by atoms with van der Waals surface area (Å²) < 4.78 is 12.5. The maximum Gasteiger partial charge on any atom is 0.128 e. The second-order valence-electron chi connectivity index (χ2n) is 18.6. The topological polar surface area (TPSA) is 133 Å². The molecule has 0 fully saturated rings. The Hall–Kier alpha value is -7.20. The van der Waals surface area contributed by atoms with E-state index < -0.39 is 0 Å². The Balaban J connectivity index is 0.000000143. The van der Waals surface area contributed by atoms with E-state index in [1.807, 2.05) is 12.4 Å². The Morgan fingerprint density at radius 1 is 0.438 bits per heavy atom. The van der Waals surface area contributed by atoms with Gasteiger partial charge in [-0.25, -0.2) is 19.9 Å². The molecule has 0 bridgehead atoms. The van der Waals surface area contributed by atoms with Gasteiger partial charge in [0.15, 0.2) is 0 Å². The molecule has 0 saturated heterocycles. The lowest BCUT2D eigenvalue weighted by Gasteiger charge is -2.22. The van der Waals surface area contributed by atoms with Crippen LogP contribution in [0.3, 0.4) is 0 Å². The van der Waals surface area contributed by atoms with Crippen molar-refractivity contribution >= 4 is 43.6 Å². The number of aromatic amines is 4. The summed E-state index contributed by atoms with van der Waals surface area (Å²) in [6, 6.07) is 30.5. The highest BCUT2D eigenvalue weighted by Gasteiger charge is 2.23. The summed E-state index contributed by atoms with van der Waals surface area (Å²) >= 11 is 0. The third-order valence-corrected chi connectivity index (χ3v) is 12.7. The Morgan fingerprint density at radius 3 is 1.25 bits per heavy atom. The standard InChI is InChI=1S/2C27H26N4O/c2*1-14(2)26-28-12-23(30-26)17-5-7-19-18(9-17)13-32-24-11-20-16(10-21(19)24)6-8-22-25(20)31-27(29-22)15(3)4/h2*5-12,14-15H,13H2,1-4H3,(H,28,30)(H,29,31). The fraction of sp³-hybridized carbons (Fsp3) is 0.259. The van der Waals surface area contributed by atoms with Gasteiger partial charge in [-0.2, -0.15) is 0 Å². The zero-order chi connectivity index (χ0) is 44.0. The van der Waals surface area contributed by atoms with Gasteiger partial charge in [0.05, 0.1) is 45.8 Å². The van der Waals surface area contributed by atoms with E-state index in [-0.39, 0.29) is 0 Å². The number of imidazole rings is 4. The third kappa shape index (κ3) is 6.79. The zero-order valence-corrected chi connectivity index (χ0v) is 37.6. The molecule has 4 N–H and O–H groups in total. The molecule has 0 unspecified atom stereocenters. The number of H-pyrrole nitrogens is 4. The van der Waals surface area contributed by atoms with Crippen molar-refractivity contribution in [2.45, 2.75) is 92.3 Å². The van der Waals surface area contributed by atoms with Crippen LogP contribution in [0.25, 0.3) is 88.4 Å². The number of nitrogens with one attached hydrogen (secondary N) is 4. The molecule has 12 rings (SSSR count). The average Bonchev–Trinajstić information content (AvgIpc) is 4.14. The largest absolute Gasteiger partial charge is 0.488 e. The molecule has 10 aromatic rings. The van der Waals surface area contributed by atoms with Crippen molar-refractivity contribution in [1.82, 2.24) is 39.9 Å². The van der Waals surface area contributed by atoms with E-state index in [1.165, 1.54) is 33.0 Å². The van der Waals surface area contributed by atoms with Gasteiger partial charge in [-0.15, -0.1) is 0 Å². The van der Waals surface area contributed by atoms with Gasteiger partial charge in [-0.3, -0.25) is 0 Å². The smallest absolute Gasteiger partial charge is 0.128 e. The monoisotopic (exact) mass is 844 g/mol.